The van der Waals surface area contributed by atoms with E-state index >= 15 is 0 Å². The molecule has 3 aromatic heterocycles. The van der Waals surface area contributed by atoms with Gasteiger partial charge in [-0.2, -0.15) is 0 Å². The molecule has 5 heteroatoms. The monoisotopic (exact) mass is 227 g/mol. The van der Waals surface area contributed by atoms with Gasteiger partial charge in [-0.3, -0.25) is 9.20 Å². The van der Waals surface area contributed by atoms with Crippen molar-refractivity contribution in [1.82, 2.24) is 14.6 Å². The molecule has 17 heavy (non-hydrogen) atoms. The Hall–Kier alpha value is -2.43. The standard InChI is InChI=1S/C12H9N3O2/c1-8(16)9-4-2-6-15-11(9)13-14-12(15)10-5-3-7-17-10/h2-7H,1H3. The molecule has 0 amide bonds. The minimum atomic E-state index is -0.0333. The average Bonchev–Trinajstić information content (AvgIpc) is 2.96. The van der Waals surface area contributed by atoms with Crippen LogP contribution in [0.15, 0.2) is 41.1 Å². The molecule has 84 valence electrons. The number of nitrogens with zero attached hydrogens (tertiary/aromatic N) is 3. The first-order valence-electron chi connectivity index (χ1n) is 5.16. The van der Waals surface area contributed by atoms with Crippen LogP contribution in [0, 0.1) is 0 Å². The third kappa shape index (κ3) is 1.44. The van der Waals surface area contributed by atoms with Gasteiger partial charge in [0.25, 0.3) is 0 Å². The zero-order valence-electron chi connectivity index (χ0n) is 9.12. The lowest BCUT2D eigenvalue weighted by molar-refractivity contribution is 0.101. The molecule has 0 bridgehead atoms. The van der Waals surface area contributed by atoms with Crippen LogP contribution in [0.4, 0.5) is 0 Å². The minimum absolute atomic E-state index is 0.0333. The Morgan fingerprint density at radius 2 is 2.18 bits per heavy atom. The molecule has 0 aromatic carbocycles. The summed E-state index contributed by atoms with van der Waals surface area (Å²) < 4.78 is 7.02. The number of ketones is 1. The SMILES string of the molecule is CC(=O)c1cccn2c(-c3ccco3)nnc12. The van der Waals surface area contributed by atoms with Gasteiger partial charge in [0.1, 0.15) is 0 Å². The van der Waals surface area contributed by atoms with E-state index in [1.807, 2.05) is 0 Å². The van der Waals surface area contributed by atoms with E-state index in [4.69, 9.17) is 4.42 Å². The van der Waals surface area contributed by atoms with Gasteiger partial charge in [-0.15, -0.1) is 10.2 Å². The molecule has 0 atom stereocenters. The number of hydrogen-bond donors (Lipinski definition) is 0. The molecule has 0 aliphatic carbocycles. The van der Waals surface area contributed by atoms with E-state index < -0.39 is 0 Å². The molecule has 3 aromatic rings. The van der Waals surface area contributed by atoms with Crippen molar-refractivity contribution in [2.75, 3.05) is 0 Å². The van der Waals surface area contributed by atoms with Gasteiger partial charge in [-0.25, -0.2) is 0 Å². The fourth-order valence-corrected chi connectivity index (χ4v) is 1.76. The summed E-state index contributed by atoms with van der Waals surface area (Å²) in [5, 5.41) is 8.08. The Balaban J connectivity index is 2.31. The lowest BCUT2D eigenvalue weighted by Crippen LogP contribution is -1.97. The zero-order chi connectivity index (χ0) is 11.8. The quantitative estimate of drug-likeness (QED) is 0.629. The number of rotatable bonds is 2. The van der Waals surface area contributed by atoms with Crippen molar-refractivity contribution in [2.45, 2.75) is 6.92 Å². The van der Waals surface area contributed by atoms with Crippen LogP contribution in [-0.4, -0.2) is 20.4 Å². The lowest BCUT2D eigenvalue weighted by atomic mass is 10.2. The molecule has 0 radical (unpaired) electrons. The average molecular weight is 227 g/mol. The Labute approximate surface area is 96.7 Å². The summed E-state index contributed by atoms with van der Waals surface area (Å²) in [6.45, 7) is 1.51. The molecule has 3 heterocycles. The number of Topliss-reactive ketones (excluding diaryl/α,β-unsaturated/α-hetero) is 1. The summed E-state index contributed by atoms with van der Waals surface area (Å²) >= 11 is 0. The Morgan fingerprint density at radius 3 is 2.88 bits per heavy atom. The summed E-state index contributed by atoms with van der Waals surface area (Å²) in [5.74, 6) is 1.18. The highest BCUT2D eigenvalue weighted by Crippen LogP contribution is 2.20. The number of fused-ring (bicyclic) bond motifs is 1. The molecule has 0 unspecified atom stereocenters. The van der Waals surface area contributed by atoms with Gasteiger partial charge in [-0.1, -0.05) is 0 Å². The normalized spacial score (nSPS) is 10.9. The number of pyridine rings is 1. The summed E-state index contributed by atoms with van der Waals surface area (Å²) in [4.78, 5) is 11.5. The maximum Gasteiger partial charge on any atom is 0.204 e. The van der Waals surface area contributed by atoms with Gasteiger partial charge in [0.15, 0.2) is 17.2 Å². The Bertz CT molecular complexity index is 683. The highest BCUT2D eigenvalue weighted by molar-refractivity contribution is 5.99. The van der Waals surface area contributed by atoms with Crippen LogP contribution >= 0.6 is 0 Å². The van der Waals surface area contributed by atoms with Gasteiger partial charge in [-0.05, 0) is 31.2 Å². The largest absolute Gasteiger partial charge is 0.461 e. The van der Waals surface area contributed by atoms with Gasteiger partial charge in [0, 0.05) is 6.20 Å². The zero-order valence-corrected chi connectivity index (χ0v) is 9.12. The number of furan rings is 1. The first-order valence-corrected chi connectivity index (χ1v) is 5.16. The van der Waals surface area contributed by atoms with Crippen molar-refractivity contribution in [3.05, 3.63) is 42.3 Å². The number of aromatic nitrogens is 3. The second kappa shape index (κ2) is 3.55. The molecule has 0 aliphatic heterocycles. The second-order valence-corrected chi connectivity index (χ2v) is 3.67. The smallest absolute Gasteiger partial charge is 0.204 e. The first-order chi connectivity index (χ1) is 8.27. The fourth-order valence-electron chi connectivity index (χ4n) is 1.76. The molecule has 0 fully saturated rings. The molecule has 3 rings (SSSR count). The van der Waals surface area contributed by atoms with Crippen molar-refractivity contribution in [3.8, 4) is 11.6 Å². The molecule has 0 saturated carbocycles. The summed E-state index contributed by atoms with van der Waals surface area (Å²) in [7, 11) is 0. The van der Waals surface area contributed by atoms with Gasteiger partial charge < -0.3 is 4.42 Å². The highest BCUT2D eigenvalue weighted by atomic mass is 16.3. The van der Waals surface area contributed by atoms with E-state index in [9.17, 15) is 4.79 Å². The molecule has 0 saturated heterocycles. The van der Waals surface area contributed by atoms with Crippen LogP contribution in [0.2, 0.25) is 0 Å². The van der Waals surface area contributed by atoms with Crippen molar-refractivity contribution in [1.29, 1.82) is 0 Å². The lowest BCUT2D eigenvalue weighted by Gasteiger charge is -1.99. The van der Waals surface area contributed by atoms with Gasteiger partial charge >= 0.3 is 0 Å². The highest BCUT2D eigenvalue weighted by Gasteiger charge is 2.14. The fraction of sp³-hybridized carbons (Fsp3) is 0.0833. The number of hydrogen-bond acceptors (Lipinski definition) is 4. The van der Waals surface area contributed by atoms with E-state index in [0.29, 0.717) is 22.8 Å². The minimum Gasteiger partial charge on any atom is -0.461 e. The number of carbonyl (C=O) groups excluding carboxylic acids is 1. The Kier molecular flexibility index (Phi) is 2.04. The van der Waals surface area contributed by atoms with E-state index in [1.54, 1.807) is 41.1 Å². The summed E-state index contributed by atoms with van der Waals surface area (Å²) in [5.41, 5.74) is 1.10. The van der Waals surface area contributed by atoms with Crippen LogP contribution < -0.4 is 0 Å². The maximum absolute atomic E-state index is 11.5. The van der Waals surface area contributed by atoms with E-state index in [0.717, 1.165) is 0 Å². The molecular formula is C12H9N3O2. The predicted molar refractivity (Wildman–Crippen MR) is 60.7 cm³/mol. The molecule has 0 N–H and O–H groups in total. The van der Waals surface area contributed by atoms with Crippen LogP contribution in [0.3, 0.4) is 0 Å². The van der Waals surface area contributed by atoms with Crippen LogP contribution in [0.5, 0.6) is 0 Å². The molecule has 0 spiro atoms. The Morgan fingerprint density at radius 1 is 1.29 bits per heavy atom. The van der Waals surface area contributed by atoms with Crippen LogP contribution in [0.25, 0.3) is 17.2 Å². The van der Waals surface area contributed by atoms with E-state index in [2.05, 4.69) is 10.2 Å². The van der Waals surface area contributed by atoms with Crippen LogP contribution in [0.1, 0.15) is 17.3 Å². The van der Waals surface area contributed by atoms with E-state index in [1.165, 1.54) is 6.92 Å². The molecule has 5 nitrogen and oxygen atoms in total. The summed E-state index contributed by atoms with van der Waals surface area (Å²) in [6, 6.07) is 7.11. The second-order valence-electron chi connectivity index (χ2n) is 3.67. The van der Waals surface area contributed by atoms with Crippen molar-refractivity contribution in [2.24, 2.45) is 0 Å². The van der Waals surface area contributed by atoms with Gasteiger partial charge in [0.05, 0.1) is 11.8 Å². The molecule has 0 aliphatic rings. The van der Waals surface area contributed by atoms with Crippen LogP contribution in [-0.2, 0) is 0 Å². The summed E-state index contributed by atoms with van der Waals surface area (Å²) in [6.07, 6.45) is 3.38. The van der Waals surface area contributed by atoms with Gasteiger partial charge in [0.2, 0.25) is 5.82 Å². The number of carbonyl (C=O) groups is 1. The van der Waals surface area contributed by atoms with Crippen molar-refractivity contribution >= 4 is 11.4 Å². The van der Waals surface area contributed by atoms with Crippen molar-refractivity contribution < 1.29 is 9.21 Å². The van der Waals surface area contributed by atoms with Crippen molar-refractivity contribution in [3.63, 3.8) is 0 Å². The predicted octanol–water partition coefficient (Wildman–Crippen LogP) is 2.19. The maximum atomic E-state index is 11.5. The third-order valence-electron chi connectivity index (χ3n) is 2.56. The van der Waals surface area contributed by atoms with E-state index in [-0.39, 0.29) is 5.78 Å². The third-order valence-corrected chi connectivity index (χ3v) is 2.56. The first kappa shape index (κ1) is 9.77. The topological polar surface area (TPSA) is 60.4 Å². The molecular weight excluding hydrogens is 218 g/mol.